The second-order valence-corrected chi connectivity index (χ2v) is 6.01. The maximum atomic E-state index is 12.4. The van der Waals surface area contributed by atoms with Crippen molar-refractivity contribution in [2.24, 2.45) is 0 Å². The third kappa shape index (κ3) is 3.97. The number of Topliss-reactive ketones (excluding diaryl/α,β-unsaturated/α-hetero) is 2. The number of benzene rings is 1. The van der Waals surface area contributed by atoms with Gasteiger partial charge in [-0.05, 0) is 36.6 Å². The van der Waals surface area contributed by atoms with E-state index >= 15 is 0 Å². The quantitative estimate of drug-likeness (QED) is 0.766. The monoisotopic (exact) mass is 344 g/mol. The summed E-state index contributed by atoms with van der Waals surface area (Å²) in [6.45, 7) is -0.124. The van der Waals surface area contributed by atoms with Crippen LogP contribution in [0.5, 0.6) is 11.5 Å². The Morgan fingerprint density at radius 3 is 2.76 bits per heavy atom. The number of allylic oxidation sites excluding steroid dienone is 3. The molecule has 1 aliphatic heterocycles. The van der Waals surface area contributed by atoms with Crippen molar-refractivity contribution in [3.63, 3.8) is 0 Å². The fraction of sp³-hybridized carbons (Fsp3) is 0.368. The van der Waals surface area contributed by atoms with Crippen LogP contribution in [-0.4, -0.2) is 41.3 Å². The second-order valence-electron chi connectivity index (χ2n) is 6.01. The van der Waals surface area contributed by atoms with Crippen LogP contribution < -0.4 is 9.47 Å². The number of carbonyl (C=O) groups excluding carboxylic acids is 2. The lowest BCUT2D eigenvalue weighted by atomic mass is 9.92. The summed E-state index contributed by atoms with van der Waals surface area (Å²) in [4.78, 5) is 24.7. The lowest BCUT2D eigenvalue weighted by molar-refractivity contribution is -0.115. The Hall–Kier alpha value is -2.44. The summed E-state index contributed by atoms with van der Waals surface area (Å²) >= 11 is 0. The van der Waals surface area contributed by atoms with E-state index in [4.69, 9.17) is 9.47 Å². The standard InChI is InChI=1S/C19H20O6/c20-10-13-3-1-2-4-14(13)16(22)7-6-15(21)12-5-8-17-18(9-12)24-11-19(23)25-17/h2,4-5,8-9,19-20,23H,1,3,6-7,10-11H2. The third-order valence-electron chi connectivity index (χ3n) is 4.26. The van der Waals surface area contributed by atoms with Crippen LogP contribution in [0.15, 0.2) is 41.5 Å². The molecule has 1 aromatic carbocycles. The number of ether oxygens (including phenoxy) is 2. The van der Waals surface area contributed by atoms with E-state index < -0.39 is 6.29 Å². The third-order valence-corrected chi connectivity index (χ3v) is 4.26. The topological polar surface area (TPSA) is 93.1 Å². The van der Waals surface area contributed by atoms with Crippen LogP contribution in [0.2, 0.25) is 0 Å². The summed E-state index contributed by atoms with van der Waals surface area (Å²) in [6, 6.07) is 4.72. The molecule has 0 spiro atoms. The Morgan fingerprint density at radius 1 is 1.16 bits per heavy atom. The molecule has 3 rings (SSSR count). The summed E-state index contributed by atoms with van der Waals surface area (Å²) in [7, 11) is 0. The first-order valence-electron chi connectivity index (χ1n) is 8.26. The Labute approximate surface area is 145 Å². The fourth-order valence-electron chi connectivity index (χ4n) is 2.91. The lowest BCUT2D eigenvalue weighted by Gasteiger charge is -2.23. The molecule has 132 valence electrons. The van der Waals surface area contributed by atoms with Crippen LogP contribution in [-0.2, 0) is 4.79 Å². The number of fused-ring (bicyclic) bond motifs is 1. The van der Waals surface area contributed by atoms with Gasteiger partial charge in [0, 0.05) is 24.0 Å². The first-order valence-corrected chi connectivity index (χ1v) is 8.26. The zero-order chi connectivity index (χ0) is 17.8. The molecule has 1 atom stereocenters. The van der Waals surface area contributed by atoms with Gasteiger partial charge in [-0.1, -0.05) is 12.2 Å². The molecule has 2 N–H and O–H groups in total. The molecule has 0 bridgehead atoms. The Morgan fingerprint density at radius 2 is 1.96 bits per heavy atom. The molecule has 1 aromatic rings. The van der Waals surface area contributed by atoms with E-state index in [1.807, 2.05) is 6.08 Å². The van der Waals surface area contributed by atoms with Gasteiger partial charge in [-0.25, -0.2) is 0 Å². The largest absolute Gasteiger partial charge is 0.483 e. The molecule has 25 heavy (non-hydrogen) atoms. The van der Waals surface area contributed by atoms with Crippen molar-refractivity contribution in [2.45, 2.75) is 32.0 Å². The lowest BCUT2D eigenvalue weighted by Crippen LogP contribution is -2.28. The van der Waals surface area contributed by atoms with Crippen molar-refractivity contribution in [1.29, 1.82) is 0 Å². The van der Waals surface area contributed by atoms with Crippen LogP contribution in [0.1, 0.15) is 36.0 Å². The highest BCUT2D eigenvalue weighted by Crippen LogP contribution is 2.32. The van der Waals surface area contributed by atoms with Crippen LogP contribution in [0.4, 0.5) is 0 Å². The Kier molecular flexibility index (Phi) is 5.31. The number of ketones is 2. The van der Waals surface area contributed by atoms with Crippen molar-refractivity contribution in [3.05, 3.63) is 47.1 Å². The van der Waals surface area contributed by atoms with Crippen LogP contribution in [0.25, 0.3) is 0 Å². The molecule has 0 saturated heterocycles. The van der Waals surface area contributed by atoms with Gasteiger partial charge in [-0.3, -0.25) is 9.59 Å². The highest BCUT2D eigenvalue weighted by Gasteiger charge is 2.21. The summed E-state index contributed by atoms with van der Waals surface area (Å²) in [5.74, 6) is 0.491. The zero-order valence-corrected chi connectivity index (χ0v) is 13.7. The highest BCUT2D eigenvalue weighted by atomic mass is 16.7. The fourth-order valence-corrected chi connectivity index (χ4v) is 2.91. The van der Waals surface area contributed by atoms with Crippen LogP contribution in [0, 0.1) is 0 Å². The molecular weight excluding hydrogens is 324 g/mol. The molecule has 0 aromatic heterocycles. The van der Waals surface area contributed by atoms with E-state index in [9.17, 15) is 19.8 Å². The van der Waals surface area contributed by atoms with Gasteiger partial charge < -0.3 is 19.7 Å². The van der Waals surface area contributed by atoms with E-state index in [0.29, 0.717) is 29.1 Å². The SMILES string of the molecule is O=C(CCC(=O)c1ccc2c(c1)OCC(O)O2)C1=C(CO)CCC=C1. The Bertz CT molecular complexity index is 746. The van der Waals surface area contributed by atoms with Gasteiger partial charge >= 0.3 is 0 Å². The van der Waals surface area contributed by atoms with Gasteiger partial charge in [0.15, 0.2) is 29.7 Å². The maximum absolute atomic E-state index is 12.4. The molecule has 2 aliphatic rings. The first-order chi connectivity index (χ1) is 12.1. The van der Waals surface area contributed by atoms with Crippen LogP contribution in [0.3, 0.4) is 0 Å². The zero-order valence-electron chi connectivity index (χ0n) is 13.7. The maximum Gasteiger partial charge on any atom is 0.232 e. The number of aliphatic hydroxyl groups excluding tert-OH is 2. The molecule has 0 fully saturated rings. The Balaban J connectivity index is 1.64. The summed E-state index contributed by atoms with van der Waals surface area (Å²) in [5.41, 5.74) is 1.69. The number of carbonyl (C=O) groups is 2. The summed E-state index contributed by atoms with van der Waals surface area (Å²) in [5, 5.41) is 18.7. The highest BCUT2D eigenvalue weighted by molar-refractivity contribution is 6.03. The van der Waals surface area contributed by atoms with Crippen molar-refractivity contribution >= 4 is 11.6 Å². The predicted octanol–water partition coefficient (Wildman–Crippen LogP) is 1.95. The van der Waals surface area contributed by atoms with Gasteiger partial charge in [0.2, 0.25) is 6.29 Å². The first kappa shape index (κ1) is 17.4. The van der Waals surface area contributed by atoms with Crippen molar-refractivity contribution in [3.8, 4) is 11.5 Å². The average molecular weight is 344 g/mol. The minimum Gasteiger partial charge on any atom is -0.483 e. The molecule has 6 heteroatoms. The van der Waals surface area contributed by atoms with E-state index in [-0.39, 0.29) is 37.6 Å². The smallest absolute Gasteiger partial charge is 0.232 e. The number of hydrogen-bond acceptors (Lipinski definition) is 6. The minimum absolute atomic E-state index is 0.00750. The van der Waals surface area contributed by atoms with Crippen molar-refractivity contribution < 1.29 is 29.3 Å². The molecule has 1 heterocycles. The van der Waals surface area contributed by atoms with Gasteiger partial charge in [0.05, 0.1) is 6.61 Å². The predicted molar refractivity (Wildman–Crippen MR) is 89.6 cm³/mol. The van der Waals surface area contributed by atoms with Gasteiger partial charge in [0.1, 0.15) is 0 Å². The minimum atomic E-state index is -1.01. The number of rotatable bonds is 6. The molecule has 0 radical (unpaired) electrons. The molecule has 1 aliphatic carbocycles. The van der Waals surface area contributed by atoms with Crippen molar-refractivity contribution in [1.82, 2.24) is 0 Å². The number of aliphatic hydroxyl groups is 2. The molecule has 6 nitrogen and oxygen atoms in total. The molecule has 0 saturated carbocycles. The van der Waals surface area contributed by atoms with Gasteiger partial charge in [-0.15, -0.1) is 0 Å². The van der Waals surface area contributed by atoms with E-state index in [1.165, 1.54) is 0 Å². The average Bonchev–Trinajstić information content (AvgIpc) is 2.65. The van der Waals surface area contributed by atoms with E-state index in [0.717, 1.165) is 12.0 Å². The second kappa shape index (κ2) is 7.63. The molecule has 0 amide bonds. The van der Waals surface area contributed by atoms with E-state index in [1.54, 1.807) is 24.3 Å². The van der Waals surface area contributed by atoms with E-state index in [2.05, 4.69) is 0 Å². The summed E-state index contributed by atoms with van der Waals surface area (Å²) < 4.78 is 10.5. The molecule has 1 unspecified atom stereocenters. The normalized spacial score (nSPS) is 19.0. The van der Waals surface area contributed by atoms with Gasteiger partial charge in [-0.2, -0.15) is 0 Å². The van der Waals surface area contributed by atoms with Crippen molar-refractivity contribution in [2.75, 3.05) is 13.2 Å². The van der Waals surface area contributed by atoms with Crippen LogP contribution >= 0.6 is 0 Å². The molecular formula is C19H20O6. The number of hydrogen-bond donors (Lipinski definition) is 2. The van der Waals surface area contributed by atoms with Gasteiger partial charge in [0.25, 0.3) is 0 Å². The summed E-state index contributed by atoms with van der Waals surface area (Å²) in [6.07, 6.45) is 4.30.